The van der Waals surface area contributed by atoms with Gasteiger partial charge in [-0.15, -0.1) is 0 Å². The van der Waals surface area contributed by atoms with E-state index in [9.17, 15) is 0 Å². The van der Waals surface area contributed by atoms with Gasteiger partial charge in [0.25, 0.3) is 0 Å². The smallest absolute Gasteiger partial charge is 0.136 e. The van der Waals surface area contributed by atoms with Crippen LogP contribution < -0.4 is 0 Å². The minimum Gasteiger partial charge on any atom is -0.456 e. The maximum absolute atomic E-state index is 6.20. The molecule has 1 aromatic heterocycles. The number of furan rings is 1. The summed E-state index contributed by atoms with van der Waals surface area (Å²) in [5, 5.41) is 4.64. The van der Waals surface area contributed by atoms with Gasteiger partial charge >= 0.3 is 0 Å². The first kappa shape index (κ1) is 19.3. The number of hydrogen-bond donors (Lipinski definition) is 0. The molecule has 0 saturated heterocycles. The van der Waals surface area contributed by atoms with E-state index >= 15 is 0 Å². The lowest BCUT2D eigenvalue weighted by Gasteiger charge is -2.20. The number of fused-ring (bicyclic) bond motifs is 4. The molecule has 1 heteroatoms. The molecule has 0 amide bonds. The number of benzene rings is 5. The van der Waals surface area contributed by atoms with Crippen LogP contribution in [0.4, 0.5) is 0 Å². The van der Waals surface area contributed by atoms with Gasteiger partial charge in [-0.25, -0.2) is 0 Å². The second-order valence-corrected chi connectivity index (χ2v) is 8.17. The monoisotopic (exact) mass is 422 g/mol. The molecular weight excluding hydrogens is 400 g/mol. The molecule has 5 aromatic carbocycles. The maximum atomic E-state index is 6.20. The predicted molar refractivity (Wildman–Crippen MR) is 142 cm³/mol. The number of para-hydroxylation sites is 1. The summed E-state index contributed by atoms with van der Waals surface area (Å²) in [6.45, 7) is 8.43. The zero-order chi connectivity index (χ0) is 22.4. The van der Waals surface area contributed by atoms with Crippen LogP contribution in [-0.4, -0.2) is 0 Å². The Morgan fingerprint density at radius 2 is 1.09 bits per heavy atom. The largest absolute Gasteiger partial charge is 0.456 e. The second-order valence-electron chi connectivity index (χ2n) is 8.17. The average molecular weight is 423 g/mol. The van der Waals surface area contributed by atoms with E-state index in [1.54, 1.807) is 0 Å². The Hall–Kier alpha value is -4.36. The first-order chi connectivity index (χ1) is 16.3. The highest BCUT2D eigenvalue weighted by atomic mass is 16.3. The summed E-state index contributed by atoms with van der Waals surface area (Å²) in [7, 11) is 0. The average Bonchev–Trinajstić information content (AvgIpc) is 3.26. The highest BCUT2D eigenvalue weighted by Crippen LogP contribution is 2.46. The molecule has 6 aromatic rings. The van der Waals surface area contributed by atoms with Crippen molar-refractivity contribution in [2.24, 2.45) is 0 Å². The van der Waals surface area contributed by atoms with Gasteiger partial charge in [0.15, 0.2) is 0 Å². The van der Waals surface area contributed by atoms with Gasteiger partial charge in [0.05, 0.1) is 0 Å². The summed E-state index contributed by atoms with van der Waals surface area (Å²) in [5.41, 5.74) is 8.62. The van der Waals surface area contributed by atoms with E-state index in [2.05, 4.69) is 86.0 Å². The fourth-order valence-corrected chi connectivity index (χ4v) is 5.09. The molecule has 0 fully saturated rings. The Morgan fingerprint density at radius 1 is 0.515 bits per heavy atom. The van der Waals surface area contributed by atoms with Crippen molar-refractivity contribution < 1.29 is 4.42 Å². The normalized spacial score (nSPS) is 11.3. The summed E-state index contributed by atoms with van der Waals surface area (Å²) in [6, 6.07) is 33.7. The van der Waals surface area contributed by atoms with E-state index in [1.807, 2.05) is 36.4 Å². The third kappa shape index (κ3) is 2.86. The van der Waals surface area contributed by atoms with Crippen LogP contribution in [0.3, 0.4) is 0 Å². The Balaban J connectivity index is 1.84. The van der Waals surface area contributed by atoms with Gasteiger partial charge in [0.2, 0.25) is 0 Å². The molecule has 0 atom stereocenters. The predicted octanol–water partition coefficient (Wildman–Crippen LogP) is 9.36. The summed E-state index contributed by atoms with van der Waals surface area (Å²) in [5.74, 6) is 0. The molecule has 0 N–H and O–H groups in total. The minimum atomic E-state index is 0.889. The Bertz CT molecular complexity index is 1680. The Morgan fingerprint density at radius 3 is 1.82 bits per heavy atom. The fourth-order valence-electron chi connectivity index (χ4n) is 5.09. The molecule has 0 spiro atoms. The first-order valence-electron chi connectivity index (χ1n) is 11.1. The standard InChI is InChI=1S/C32H22O/c1-3-22-23(4-2)31(25-16-9-8-15-24(25)30(22)21-13-6-5-7-14-21)27-18-12-20-29-32(27)26-17-10-11-19-28(26)33-29/h3-20H,1-2H2. The third-order valence-electron chi connectivity index (χ3n) is 6.44. The maximum Gasteiger partial charge on any atom is 0.136 e. The molecule has 0 saturated carbocycles. The van der Waals surface area contributed by atoms with Crippen molar-refractivity contribution in [2.45, 2.75) is 0 Å². The molecule has 1 nitrogen and oxygen atoms in total. The lowest BCUT2D eigenvalue weighted by atomic mass is 9.82. The van der Waals surface area contributed by atoms with Crippen LogP contribution >= 0.6 is 0 Å². The van der Waals surface area contributed by atoms with E-state index in [-0.39, 0.29) is 0 Å². The molecule has 1 heterocycles. The molecule has 0 aliphatic rings. The van der Waals surface area contributed by atoms with Crippen LogP contribution in [0.2, 0.25) is 0 Å². The van der Waals surface area contributed by atoms with E-state index in [0.29, 0.717) is 0 Å². The van der Waals surface area contributed by atoms with Crippen LogP contribution in [0, 0.1) is 0 Å². The van der Waals surface area contributed by atoms with Gasteiger partial charge in [0.1, 0.15) is 11.2 Å². The van der Waals surface area contributed by atoms with Crippen molar-refractivity contribution in [3.8, 4) is 22.3 Å². The quantitative estimate of drug-likeness (QED) is 0.276. The van der Waals surface area contributed by atoms with Crippen LogP contribution in [0.25, 0.3) is 67.1 Å². The molecule has 0 aliphatic carbocycles. The summed E-state index contributed by atoms with van der Waals surface area (Å²) in [6.07, 6.45) is 3.93. The molecule has 33 heavy (non-hydrogen) atoms. The van der Waals surface area contributed by atoms with Crippen molar-refractivity contribution in [3.63, 3.8) is 0 Å². The molecular formula is C32H22O. The lowest BCUT2D eigenvalue weighted by Crippen LogP contribution is -1.96. The molecule has 0 bridgehead atoms. The van der Waals surface area contributed by atoms with Gasteiger partial charge in [-0.05, 0) is 56.3 Å². The van der Waals surface area contributed by atoms with Crippen molar-refractivity contribution in [1.29, 1.82) is 0 Å². The summed E-state index contributed by atoms with van der Waals surface area (Å²) in [4.78, 5) is 0. The summed E-state index contributed by atoms with van der Waals surface area (Å²) >= 11 is 0. The van der Waals surface area contributed by atoms with Crippen molar-refractivity contribution in [3.05, 3.63) is 121 Å². The van der Waals surface area contributed by atoms with Crippen LogP contribution in [-0.2, 0) is 0 Å². The number of hydrogen-bond acceptors (Lipinski definition) is 1. The van der Waals surface area contributed by atoms with Gasteiger partial charge in [-0.3, -0.25) is 0 Å². The molecule has 156 valence electrons. The highest BCUT2D eigenvalue weighted by molar-refractivity contribution is 6.19. The lowest BCUT2D eigenvalue weighted by molar-refractivity contribution is 0.669. The first-order valence-corrected chi connectivity index (χ1v) is 11.1. The van der Waals surface area contributed by atoms with Crippen LogP contribution in [0.15, 0.2) is 115 Å². The van der Waals surface area contributed by atoms with E-state index in [1.165, 1.54) is 21.9 Å². The minimum absolute atomic E-state index is 0.889. The highest BCUT2D eigenvalue weighted by Gasteiger charge is 2.21. The Labute approximate surface area is 192 Å². The Kier molecular flexibility index (Phi) is 4.48. The van der Waals surface area contributed by atoms with Crippen LogP contribution in [0.5, 0.6) is 0 Å². The zero-order valence-electron chi connectivity index (χ0n) is 18.2. The zero-order valence-corrected chi connectivity index (χ0v) is 18.2. The van der Waals surface area contributed by atoms with Gasteiger partial charge < -0.3 is 4.42 Å². The molecule has 0 unspecified atom stereocenters. The molecule has 0 radical (unpaired) electrons. The van der Waals surface area contributed by atoms with Gasteiger partial charge in [-0.2, -0.15) is 0 Å². The van der Waals surface area contributed by atoms with Crippen molar-refractivity contribution in [2.75, 3.05) is 0 Å². The number of rotatable bonds is 4. The molecule has 6 rings (SSSR count). The van der Waals surface area contributed by atoms with Crippen molar-refractivity contribution in [1.82, 2.24) is 0 Å². The van der Waals surface area contributed by atoms with Crippen LogP contribution in [0.1, 0.15) is 11.1 Å². The van der Waals surface area contributed by atoms with E-state index in [0.717, 1.165) is 44.2 Å². The van der Waals surface area contributed by atoms with E-state index in [4.69, 9.17) is 4.42 Å². The second kappa shape index (κ2) is 7.65. The van der Waals surface area contributed by atoms with Gasteiger partial charge in [0, 0.05) is 10.8 Å². The third-order valence-corrected chi connectivity index (χ3v) is 6.44. The van der Waals surface area contributed by atoms with Gasteiger partial charge in [-0.1, -0.05) is 110 Å². The van der Waals surface area contributed by atoms with E-state index < -0.39 is 0 Å². The van der Waals surface area contributed by atoms with Crippen molar-refractivity contribution >= 4 is 44.9 Å². The topological polar surface area (TPSA) is 13.1 Å². The SMILES string of the molecule is C=Cc1c(C=C)c(-c2cccc3oc4ccccc4c23)c2ccccc2c1-c1ccccc1. The molecule has 0 aliphatic heterocycles. The summed E-state index contributed by atoms with van der Waals surface area (Å²) < 4.78 is 6.20. The fraction of sp³-hybridized carbons (Fsp3) is 0.